The van der Waals surface area contributed by atoms with Gasteiger partial charge in [0.25, 0.3) is 5.91 Å². The SMILES string of the molecule is O=C1N[C@H]2CCCCCCCCC(C(=O)NS(=O)(=O)C3CC3)NC(=O)C3C[C@@H](CN3C2=O)OC(=O)N2Cc3cccc(c3C2)CCCCCCO1. The number of sulfonamides is 1. The number of ether oxygens (including phenoxy) is 2. The highest BCUT2D eigenvalue weighted by Gasteiger charge is 2.45. The first-order valence-electron chi connectivity index (χ1n) is 18.7. The Labute approximate surface area is 299 Å². The molecular weight excluding hydrogens is 678 g/mol. The van der Waals surface area contributed by atoms with Crippen molar-refractivity contribution in [2.24, 2.45) is 0 Å². The van der Waals surface area contributed by atoms with E-state index in [1.54, 1.807) is 4.90 Å². The number of carbonyl (C=O) groups excluding carboxylic acids is 5. The lowest BCUT2D eigenvalue weighted by atomic mass is 9.98. The lowest BCUT2D eigenvalue weighted by Crippen LogP contribution is -2.56. The van der Waals surface area contributed by atoms with E-state index in [4.69, 9.17) is 9.47 Å². The van der Waals surface area contributed by atoms with E-state index in [0.717, 1.165) is 62.5 Å². The van der Waals surface area contributed by atoms with Crippen molar-refractivity contribution in [3.63, 3.8) is 0 Å². The van der Waals surface area contributed by atoms with E-state index in [0.29, 0.717) is 51.6 Å². The van der Waals surface area contributed by atoms with Crippen LogP contribution in [-0.4, -0.2) is 90.8 Å². The fourth-order valence-electron chi connectivity index (χ4n) is 7.64. The zero-order valence-corrected chi connectivity index (χ0v) is 30.1. The number of hydrogen-bond acceptors (Lipinski definition) is 9. The van der Waals surface area contributed by atoms with Crippen molar-refractivity contribution in [3.8, 4) is 0 Å². The van der Waals surface area contributed by atoms with Crippen LogP contribution in [0.25, 0.3) is 0 Å². The number of hydrogen-bond donors (Lipinski definition) is 3. The van der Waals surface area contributed by atoms with Gasteiger partial charge in [-0.2, -0.15) is 0 Å². The zero-order valence-electron chi connectivity index (χ0n) is 29.2. The largest absolute Gasteiger partial charge is 0.450 e. The van der Waals surface area contributed by atoms with Gasteiger partial charge in [-0.05, 0) is 61.6 Å². The summed E-state index contributed by atoms with van der Waals surface area (Å²) in [4.78, 5) is 71.0. The molecule has 0 aromatic heterocycles. The van der Waals surface area contributed by atoms with Gasteiger partial charge in [0.1, 0.15) is 24.2 Å². The van der Waals surface area contributed by atoms with E-state index in [-0.39, 0.29) is 26.0 Å². The molecule has 1 aromatic rings. The summed E-state index contributed by atoms with van der Waals surface area (Å²) in [5.74, 6) is -1.97. The van der Waals surface area contributed by atoms with Crippen molar-refractivity contribution in [2.45, 2.75) is 145 Å². The summed E-state index contributed by atoms with van der Waals surface area (Å²) < 4.78 is 38.9. The molecule has 1 aromatic carbocycles. The smallest absolute Gasteiger partial charge is 0.410 e. The molecule has 4 atom stereocenters. The van der Waals surface area contributed by atoms with Crippen molar-refractivity contribution in [3.05, 3.63) is 34.9 Å². The van der Waals surface area contributed by atoms with Crippen molar-refractivity contribution < 1.29 is 41.9 Å². The van der Waals surface area contributed by atoms with Gasteiger partial charge >= 0.3 is 12.2 Å². The molecule has 2 unspecified atom stereocenters. The lowest BCUT2D eigenvalue weighted by molar-refractivity contribution is -0.141. The number of amides is 5. The molecule has 5 bridgehead atoms. The molecule has 15 heteroatoms. The van der Waals surface area contributed by atoms with Crippen LogP contribution in [0.1, 0.15) is 113 Å². The van der Waals surface area contributed by atoms with Gasteiger partial charge in [0.15, 0.2) is 0 Å². The number of fused-ring (bicyclic) bond motifs is 3. The average Bonchev–Trinajstić information content (AvgIpc) is 3.74. The van der Waals surface area contributed by atoms with Crippen LogP contribution in [0.15, 0.2) is 18.2 Å². The van der Waals surface area contributed by atoms with Crippen LogP contribution in [-0.2, 0) is 53.4 Å². The van der Waals surface area contributed by atoms with Crippen molar-refractivity contribution in [1.82, 2.24) is 25.2 Å². The molecule has 2 saturated heterocycles. The predicted octanol–water partition coefficient (Wildman–Crippen LogP) is 3.55. The van der Waals surface area contributed by atoms with Crippen molar-refractivity contribution in [1.29, 1.82) is 0 Å². The first-order valence-corrected chi connectivity index (χ1v) is 20.3. The fraction of sp³-hybridized carbons (Fsp3) is 0.694. The minimum atomic E-state index is -3.85. The van der Waals surface area contributed by atoms with E-state index in [1.807, 2.05) is 12.1 Å². The summed E-state index contributed by atoms with van der Waals surface area (Å²) in [7, 11) is -3.85. The molecule has 51 heavy (non-hydrogen) atoms. The lowest BCUT2D eigenvalue weighted by Gasteiger charge is -2.29. The molecule has 280 valence electrons. The molecule has 4 heterocycles. The summed E-state index contributed by atoms with van der Waals surface area (Å²) in [5, 5.41) is 4.86. The third-order valence-electron chi connectivity index (χ3n) is 10.7. The first-order chi connectivity index (χ1) is 24.6. The Balaban J connectivity index is 1.25. The molecule has 0 spiro atoms. The zero-order chi connectivity index (χ0) is 36.0. The van der Waals surface area contributed by atoms with Gasteiger partial charge in [-0.1, -0.05) is 69.6 Å². The topological polar surface area (TPSA) is 181 Å². The molecular formula is C36H51N5O9S. The Morgan fingerprint density at radius 3 is 2.31 bits per heavy atom. The van der Waals surface area contributed by atoms with Gasteiger partial charge in [0.2, 0.25) is 21.8 Å². The van der Waals surface area contributed by atoms with Gasteiger partial charge < -0.3 is 25.0 Å². The maximum Gasteiger partial charge on any atom is 0.410 e. The van der Waals surface area contributed by atoms with Crippen LogP contribution in [0.5, 0.6) is 0 Å². The molecule has 14 nitrogen and oxygen atoms in total. The minimum absolute atomic E-state index is 0.0266. The van der Waals surface area contributed by atoms with E-state index in [9.17, 15) is 32.4 Å². The molecule has 5 amide bonds. The maximum atomic E-state index is 14.3. The Morgan fingerprint density at radius 1 is 0.824 bits per heavy atom. The summed E-state index contributed by atoms with van der Waals surface area (Å²) in [6, 6.07) is 2.85. The Bertz CT molecular complexity index is 1580. The number of nitrogens with zero attached hydrogens (tertiary/aromatic N) is 2. The third-order valence-corrected chi connectivity index (χ3v) is 12.5. The molecule has 4 aliphatic heterocycles. The fourth-order valence-corrected chi connectivity index (χ4v) is 8.98. The Hall–Kier alpha value is -3.88. The Kier molecular flexibility index (Phi) is 12.0. The average molecular weight is 730 g/mol. The van der Waals surface area contributed by atoms with Crippen LogP contribution < -0.4 is 15.4 Å². The standard InChI is InChI=1S/C36H51N5O9S/c42-32(39-51(47,48)27-17-18-27)29-15-8-3-1-2-4-9-16-30-34(44)41-22-26(20-31(41)33(43)37-29)50-36(46)40-21-25-14-11-13-24(28(25)23-40)12-7-5-6-10-19-49-35(45)38-30/h11,13-14,26-27,29-31H,1-10,12,15-23H2,(H,37,43)(H,38,45)(H,39,42)/t26-,29?,30-,31?/m0/s1. The van der Waals surface area contributed by atoms with E-state index in [1.165, 1.54) is 10.5 Å². The highest BCUT2D eigenvalue weighted by atomic mass is 32.2. The van der Waals surface area contributed by atoms with Gasteiger partial charge in [0.05, 0.1) is 18.4 Å². The molecule has 3 fully saturated rings. The Morgan fingerprint density at radius 2 is 1.53 bits per heavy atom. The van der Waals surface area contributed by atoms with Crippen LogP contribution in [0.3, 0.4) is 0 Å². The molecule has 5 aliphatic rings. The normalized spacial score (nSPS) is 27.7. The third kappa shape index (κ3) is 9.52. The van der Waals surface area contributed by atoms with E-state index >= 15 is 0 Å². The monoisotopic (exact) mass is 729 g/mol. The summed E-state index contributed by atoms with van der Waals surface area (Å²) >= 11 is 0. The van der Waals surface area contributed by atoms with Crippen LogP contribution in [0.4, 0.5) is 9.59 Å². The van der Waals surface area contributed by atoms with Gasteiger partial charge in [-0.3, -0.25) is 24.0 Å². The first kappa shape index (κ1) is 36.9. The van der Waals surface area contributed by atoms with Crippen LogP contribution in [0.2, 0.25) is 0 Å². The predicted molar refractivity (Wildman–Crippen MR) is 185 cm³/mol. The van der Waals surface area contributed by atoms with Gasteiger partial charge in [-0.15, -0.1) is 0 Å². The summed E-state index contributed by atoms with van der Waals surface area (Å²) in [5.41, 5.74) is 3.38. The van der Waals surface area contributed by atoms with E-state index in [2.05, 4.69) is 21.4 Å². The molecule has 6 rings (SSSR count). The maximum absolute atomic E-state index is 14.3. The number of benzene rings is 1. The molecule has 3 N–H and O–H groups in total. The quantitative estimate of drug-likeness (QED) is 0.420. The number of nitrogens with one attached hydrogen (secondary N) is 3. The molecule has 0 radical (unpaired) electrons. The minimum Gasteiger partial charge on any atom is -0.450 e. The summed E-state index contributed by atoms with van der Waals surface area (Å²) in [6.45, 7) is 0.934. The number of alkyl carbamates (subject to hydrolysis) is 1. The summed E-state index contributed by atoms with van der Waals surface area (Å²) in [6.07, 6.45) is 8.32. The van der Waals surface area contributed by atoms with Crippen molar-refractivity contribution >= 4 is 39.9 Å². The number of rotatable bonds is 3. The second-order valence-electron chi connectivity index (χ2n) is 14.6. The van der Waals surface area contributed by atoms with Crippen LogP contribution in [0, 0.1) is 0 Å². The van der Waals surface area contributed by atoms with Crippen molar-refractivity contribution in [2.75, 3.05) is 13.2 Å². The van der Waals surface area contributed by atoms with E-state index < -0.39 is 69.4 Å². The van der Waals surface area contributed by atoms with Gasteiger partial charge in [0, 0.05) is 19.5 Å². The number of carbonyl (C=O) groups is 5. The number of cyclic esters (lactones) is 1. The van der Waals surface area contributed by atoms with Crippen LogP contribution >= 0.6 is 0 Å². The molecule has 1 aliphatic carbocycles. The number of aryl methyl sites for hydroxylation is 1. The highest BCUT2D eigenvalue weighted by Crippen LogP contribution is 2.31. The molecule has 1 saturated carbocycles. The second kappa shape index (κ2) is 16.6. The highest BCUT2D eigenvalue weighted by molar-refractivity contribution is 7.90. The van der Waals surface area contributed by atoms with Gasteiger partial charge in [-0.25, -0.2) is 18.0 Å². The second-order valence-corrected chi connectivity index (χ2v) is 16.6.